The van der Waals surface area contributed by atoms with E-state index in [0.717, 1.165) is 18.3 Å². The monoisotopic (exact) mass is 182 g/mol. The summed E-state index contributed by atoms with van der Waals surface area (Å²) < 4.78 is 0. The molecule has 2 rings (SSSR count). The van der Waals surface area contributed by atoms with Crippen molar-refractivity contribution in [1.82, 2.24) is 0 Å². The minimum absolute atomic E-state index is 0.164. The highest BCUT2D eigenvalue weighted by Crippen LogP contribution is 2.58. The van der Waals surface area contributed by atoms with Crippen LogP contribution in [0.1, 0.15) is 45.4 Å². The second-order valence-corrected chi connectivity index (χ2v) is 4.93. The molecule has 3 atom stereocenters. The summed E-state index contributed by atoms with van der Waals surface area (Å²) in [6.07, 6.45) is 6.52. The van der Waals surface area contributed by atoms with Gasteiger partial charge in [0.1, 0.15) is 0 Å². The molecule has 2 heteroatoms. The Morgan fingerprint density at radius 3 is 2.23 bits per heavy atom. The third kappa shape index (κ3) is 1.47. The van der Waals surface area contributed by atoms with Crippen LogP contribution >= 0.6 is 0 Å². The quantitative estimate of drug-likeness (QED) is 0.728. The van der Waals surface area contributed by atoms with Crippen LogP contribution in [-0.2, 0) is 4.79 Å². The molecule has 2 aliphatic carbocycles. The first-order valence-electron chi connectivity index (χ1n) is 5.37. The van der Waals surface area contributed by atoms with E-state index in [-0.39, 0.29) is 5.41 Å². The van der Waals surface area contributed by atoms with Gasteiger partial charge in [0.15, 0.2) is 0 Å². The number of rotatable bonds is 3. The van der Waals surface area contributed by atoms with E-state index in [0.29, 0.717) is 6.42 Å². The highest BCUT2D eigenvalue weighted by Gasteiger charge is 2.48. The summed E-state index contributed by atoms with van der Waals surface area (Å²) in [5.74, 6) is 1.14. The van der Waals surface area contributed by atoms with Gasteiger partial charge in [-0.05, 0) is 49.4 Å². The summed E-state index contributed by atoms with van der Waals surface area (Å²) in [5, 5.41) is 8.86. The Morgan fingerprint density at radius 2 is 1.92 bits per heavy atom. The molecule has 0 radical (unpaired) electrons. The highest BCUT2D eigenvalue weighted by atomic mass is 16.4. The fourth-order valence-corrected chi connectivity index (χ4v) is 3.25. The molecule has 0 aromatic heterocycles. The van der Waals surface area contributed by atoms with E-state index in [1.807, 2.05) is 0 Å². The molecule has 0 aromatic rings. The molecular weight excluding hydrogens is 164 g/mol. The lowest BCUT2D eigenvalue weighted by Gasteiger charge is -2.29. The van der Waals surface area contributed by atoms with E-state index >= 15 is 0 Å². The molecule has 0 heterocycles. The van der Waals surface area contributed by atoms with E-state index in [4.69, 9.17) is 5.11 Å². The largest absolute Gasteiger partial charge is 0.481 e. The second kappa shape index (κ2) is 3.00. The Kier molecular flexibility index (Phi) is 2.09. The lowest BCUT2D eigenvalue weighted by molar-refractivity contribution is -0.139. The van der Waals surface area contributed by atoms with Crippen LogP contribution in [0.25, 0.3) is 0 Å². The first-order valence-corrected chi connectivity index (χ1v) is 5.37. The van der Waals surface area contributed by atoms with Gasteiger partial charge in [-0.25, -0.2) is 0 Å². The molecule has 0 aromatic carbocycles. The van der Waals surface area contributed by atoms with Gasteiger partial charge in [-0.15, -0.1) is 0 Å². The molecule has 0 spiro atoms. The molecule has 0 aliphatic heterocycles. The van der Waals surface area contributed by atoms with Crippen molar-refractivity contribution in [2.45, 2.75) is 45.4 Å². The molecule has 2 saturated carbocycles. The average molecular weight is 182 g/mol. The summed E-state index contributed by atoms with van der Waals surface area (Å²) >= 11 is 0. The standard InChI is InChI=1S/C11H18O2/c1-2-11(7-10(12)13)5-8-3-4-9(8)6-11/h8-9H,2-7H2,1H3,(H,12,13)/t8-,9+,11+. The fraction of sp³-hybridized carbons (Fsp3) is 0.909. The van der Waals surface area contributed by atoms with Gasteiger partial charge in [0, 0.05) is 0 Å². The summed E-state index contributed by atoms with van der Waals surface area (Å²) in [7, 11) is 0. The predicted molar refractivity (Wildman–Crippen MR) is 50.4 cm³/mol. The van der Waals surface area contributed by atoms with Crippen LogP contribution < -0.4 is 0 Å². The van der Waals surface area contributed by atoms with Crippen molar-refractivity contribution in [1.29, 1.82) is 0 Å². The van der Waals surface area contributed by atoms with Crippen LogP contribution in [-0.4, -0.2) is 11.1 Å². The predicted octanol–water partition coefficient (Wildman–Crippen LogP) is 2.68. The summed E-state index contributed by atoms with van der Waals surface area (Å²) in [4.78, 5) is 10.8. The molecule has 2 aliphatic rings. The van der Waals surface area contributed by atoms with Crippen molar-refractivity contribution < 1.29 is 9.90 Å². The summed E-state index contributed by atoms with van der Waals surface area (Å²) in [6, 6.07) is 0. The van der Waals surface area contributed by atoms with Crippen molar-refractivity contribution in [2.24, 2.45) is 17.3 Å². The Balaban J connectivity index is 2.03. The number of carbonyl (C=O) groups is 1. The van der Waals surface area contributed by atoms with Crippen molar-refractivity contribution in [3.63, 3.8) is 0 Å². The zero-order valence-corrected chi connectivity index (χ0v) is 8.25. The van der Waals surface area contributed by atoms with E-state index in [1.165, 1.54) is 25.7 Å². The van der Waals surface area contributed by atoms with Crippen molar-refractivity contribution in [3.8, 4) is 0 Å². The highest BCUT2D eigenvalue weighted by molar-refractivity contribution is 5.67. The molecule has 1 N–H and O–H groups in total. The number of fused-ring (bicyclic) bond motifs is 1. The maximum absolute atomic E-state index is 10.8. The summed E-state index contributed by atoms with van der Waals surface area (Å²) in [6.45, 7) is 2.15. The van der Waals surface area contributed by atoms with Crippen molar-refractivity contribution in [2.75, 3.05) is 0 Å². The SMILES string of the molecule is CC[C@]1(CC(=O)O)C[C@H]2CC[C@H]2C1. The molecule has 2 nitrogen and oxygen atoms in total. The average Bonchev–Trinajstić information content (AvgIpc) is 2.28. The van der Waals surface area contributed by atoms with E-state index in [1.54, 1.807) is 0 Å². The number of hydrogen-bond donors (Lipinski definition) is 1. The van der Waals surface area contributed by atoms with Gasteiger partial charge < -0.3 is 5.11 Å². The molecule has 2 fully saturated rings. The van der Waals surface area contributed by atoms with Gasteiger partial charge in [0.05, 0.1) is 6.42 Å². The number of hydrogen-bond acceptors (Lipinski definition) is 1. The Labute approximate surface area is 79.3 Å². The Bertz CT molecular complexity index is 210. The van der Waals surface area contributed by atoms with Crippen LogP contribution in [0.2, 0.25) is 0 Å². The lowest BCUT2D eigenvalue weighted by atomic mass is 9.77. The smallest absolute Gasteiger partial charge is 0.303 e. The van der Waals surface area contributed by atoms with Crippen molar-refractivity contribution >= 4 is 5.97 Å². The van der Waals surface area contributed by atoms with Crippen LogP contribution in [0.3, 0.4) is 0 Å². The Hall–Kier alpha value is -0.530. The third-order valence-electron chi connectivity index (χ3n) is 4.24. The summed E-state index contributed by atoms with van der Waals surface area (Å²) in [5.41, 5.74) is 0.164. The molecule has 0 bridgehead atoms. The first-order chi connectivity index (χ1) is 6.15. The van der Waals surface area contributed by atoms with Crippen molar-refractivity contribution in [3.05, 3.63) is 0 Å². The van der Waals surface area contributed by atoms with Gasteiger partial charge in [0.25, 0.3) is 0 Å². The zero-order valence-electron chi connectivity index (χ0n) is 8.25. The van der Waals surface area contributed by atoms with Crippen LogP contribution in [0.4, 0.5) is 0 Å². The minimum Gasteiger partial charge on any atom is -0.481 e. The maximum Gasteiger partial charge on any atom is 0.303 e. The van der Waals surface area contributed by atoms with Gasteiger partial charge in [0.2, 0.25) is 0 Å². The maximum atomic E-state index is 10.8. The third-order valence-corrected chi connectivity index (χ3v) is 4.24. The molecule has 0 unspecified atom stereocenters. The number of carboxylic acids is 1. The van der Waals surface area contributed by atoms with E-state index < -0.39 is 5.97 Å². The van der Waals surface area contributed by atoms with E-state index in [2.05, 4.69) is 6.92 Å². The normalized spacial score (nSPS) is 42.5. The van der Waals surface area contributed by atoms with Gasteiger partial charge >= 0.3 is 5.97 Å². The second-order valence-electron chi connectivity index (χ2n) is 4.93. The number of carboxylic acid groups (broad SMARTS) is 1. The first kappa shape index (κ1) is 9.04. The fourth-order valence-electron chi connectivity index (χ4n) is 3.25. The minimum atomic E-state index is -0.608. The molecule has 13 heavy (non-hydrogen) atoms. The van der Waals surface area contributed by atoms with Crippen LogP contribution in [0, 0.1) is 17.3 Å². The molecular formula is C11H18O2. The van der Waals surface area contributed by atoms with Gasteiger partial charge in [-0.2, -0.15) is 0 Å². The number of aliphatic carboxylic acids is 1. The topological polar surface area (TPSA) is 37.3 Å². The molecule has 74 valence electrons. The van der Waals surface area contributed by atoms with Crippen LogP contribution in [0.15, 0.2) is 0 Å². The van der Waals surface area contributed by atoms with Crippen LogP contribution in [0.5, 0.6) is 0 Å². The van der Waals surface area contributed by atoms with E-state index in [9.17, 15) is 4.79 Å². The zero-order chi connectivity index (χ0) is 9.47. The van der Waals surface area contributed by atoms with Gasteiger partial charge in [-0.1, -0.05) is 6.92 Å². The lowest BCUT2D eigenvalue weighted by Crippen LogP contribution is -2.20. The molecule has 0 saturated heterocycles. The van der Waals surface area contributed by atoms with Gasteiger partial charge in [-0.3, -0.25) is 4.79 Å². The Morgan fingerprint density at radius 1 is 1.38 bits per heavy atom. The molecule has 0 amide bonds.